The van der Waals surface area contributed by atoms with Crippen LogP contribution in [0.25, 0.3) is 0 Å². The van der Waals surface area contributed by atoms with Gasteiger partial charge in [0.2, 0.25) is 0 Å². The Morgan fingerprint density at radius 2 is 1.72 bits per heavy atom. The number of aliphatic hydroxyl groups is 1. The summed E-state index contributed by atoms with van der Waals surface area (Å²) in [6.07, 6.45) is 7.49. The Bertz CT molecular complexity index is 760. The standard InChI is InChI=1S/C26H42N2O4/c1-27(2,3)14-10-5-6-11-15-28(4)22-16-20(17-23(28)25-24(22)32-25)31-26(30)21(18-29)19-12-8-7-9-13-19/h7-9,12-13,20-25,29H,5-6,10-11,14-18H2,1-4H3/q+2/t20?,21-,22-,23+,24-,25+,28?/m1/s1. The highest BCUT2D eigenvalue weighted by atomic mass is 16.6. The number of carbonyl (C=O) groups is 1. The third-order valence-corrected chi connectivity index (χ3v) is 8.01. The van der Waals surface area contributed by atoms with Crippen molar-refractivity contribution < 1.29 is 28.3 Å². The maximum Gasteiger partial charge on any atom is 0.316 e. The van der Waals surface area contributed by atoms with Crippen LogP contribution in [-0.4, -0.2) is 98.3 Å². The predicted molar refractivity (Wildman–Crippen MR) is 124 cm³/mol. The Kier molecular flexibility index (Phi) is 6.97. The van der Waals surface area contributed by atoms with E-state index in [1.165, 1.54) is 38.8 Å². The van der Waals surface area contributed by atoms with Gasteiger partial charge in [-0.1, -0.05) is 30.3 Å². The lowest BCUT2D eigenvalue weighted by Gasteiger charge is -2.48. The van der Waals surface area contributed by atoms with Crippen LogP contribution >= 0.6 is 0 Å². The van der Waals surface area contributed by atoms with Gasteiger partial charge in [-0.3, -0.25) is 4.79 Å². The molecule has 7 atom stereocenters. The number of epoxide rings is 1. The van der Waals surface area contributed by atoms with Crippen molar-refractivity contribution >= 4 is 5.97 Å². The molecule has 32 heavy (non-hydrogen) atoms. The van der Waals surface area contributed by atoms with Crippen LogP contribution in [0.4, 0.5) is 0 Å². The lowest BCUT2D eigenvalue weighted by molar-refractivity contribution is -0.956. The number of hydrogen-bond acceptors (Lipinski definition) is 4. The number of esters is 1. The molecule has 1 N–H and O–H groups in total. The normalized spacial score (nSPS) is 34.1. The molecule has 2 bridgehead atoms. The molecule has 3 heterocycles. The van der Waals surface area contributed by atoms with Gasteiger partial charge in [0.25, 0.3) is 0 Å². The summed E-state index contributed by atoms with van der Waals surface area (Å²) >= 11 is 0. The van der Waals surface area contributed by atoms with E-state index in [1.54, 1.807) is 0 Å². The number of fused-ring (bicyclic) bond motifs is 5. The molecule has 178 valence electrons. The van der Waals surface area contributed by atoms with Gasteiger partial charge in [0.15, 0.2) is 0 Å². The molecule has 0 aliphatic carbocycles. The van der Waals surface area contributed by atoms with Crippen LogP contribution in [-0.2, 0) is 14.3 Å². The van der Waals surface area contributed by atoms with E-state index >= 15 is 0 Å². The molecular weight excluding hydrogens is 404 g/mol. The summed E-state index contributed by atoms with van der Waals surface area (Å²) in [7, 11) is 9.18. The van der Waals surface area contributed by atoms with E-state index in [0.717, 1.165) is 27.4 Å². The first-order valence-electron chi connectivity index (χ1n) is 12.4. The van der Waals surface area contributed by atoms with Gasteiger partial charge in [0.1, 0.15) is 36.3 Å². The van der Waals surface area contributed by atoms with Crippen molar-refractivity contribution in [2.75, 3.05) is 47.9 Å². The van der Waals surface area contributed by atoms with E-state index in [4.69, 9.17) is 9.47 Å². The average molecular weight is 447 g/mol. The fourth-order valence-corrected chi connectivity index (χ4v) is 6.13. The number of nitrogens with zero attached hydrogens (tertiary/aromatic N) is 2. The number of morpholine rings is 1. The van der Waals surface area contributed by atoms with E-state index in [2.05, 4.69) is 28.2 Å². The molecule has 1 aromatic rings. The largest absolute Gasteiger partial charge is 0.461 e. The minimum absolute atomic E-state index is 0.0672. The quantitative estimate of drug-likeness (QED) is 0.246. The fraction of sp³-hybridized carbons (Fsp3) is 0.731. The maximum absolute atomic E-state index is 12.9. The summed E-state index contributed by atoms with van der Waals surface area (Å²) in [5.74, 6) is -0.903. The van der Waals surface area contributed by atoms with Crippen molar-refractivity contribution in [1.29, 1.82) is 0 Å². The Labute approximate surface area is 193 Å². The van der Waals surface area contributed by atoms with Gasteiger partial charge in [-0.15, -0.1) is 0 Å². The van der Waals surface area contributed by atoms with Crippen LogP contribution in [0.15, 0.2) is 30.3 Å². The second-order valence-electron chi connectivity index (χ2n) is 11.4. The molecule has 0 saturated carbocycles. The number of quaternary nitrogens is 2. The lowest BCUT2D eigenvalue weighted by Crippen LogP contribution is -2.62. The van der Waals surface area contributed by atoms with Gasteiger partial charge >= 0.3 is 5.97 Å². The summed E-state index contributed by atoms with van der Waals surface area (Å²) < 4.78 is 14.1. The van der Waals surface area contributed by atoms with Crippen LogP contribution in [0, 0.1) is 0 Å². The molecule has 0 spiro atoms. The van der Waals surface area contributed by atoms with E-state index < -0.39 is 5.92 Å². The molecule has 4 rings (SSSR count). The van der Waals surface area contributed by atoms with Gasteiger partial charge < -0.3 is 23.5 Å². The van der Waals surface area contributed by atoms with Gasteiger partial charge in [-0.05, 0) is 31.2 Å². The number of piperidine rings is 1. The number of carbonyl (C=O) groups excluding carboxylic acids is 1. The van der Waals surface area contributed by atoms with E-state index in [9.17, 15) is 9.90 Å². The van der Waals surface area contributed by atoms with Gasteiger partial charge in [0, 0.05) is 12.8 Å². The third kappa shape index (κ3) is 5.04. The number of benzene rings is 1. The molecule has 3 saturated heterocycles. The molecule has 1 aromatic carbocycles. The molecule has 6 nitrogen and oxygen atoms in total. The van der Waals surface area contributed by atoms with Crippen molar-refractivity contribution in [2.24, 2.45) is 0 Å². The van der Waals surface area contributed by atoms with Crippen molar-refractivity contribution in [3.05, 3.63) is 35.9 Å². The van der Waals surface area contributed by atoms with Crippen molar-refractivity contribution in [1.82, 2.24) is 0 Å². The van der Waals surface area contributed by atoms with Crippen LogP contribution in [0.3, 0.4) is 0 Å². The summed E-state index contributed by atoms with van der Waals surface area (Å²) in [5, 5.41) is 9.81. The summed E-state index contributed by atoms with van der Waals surface area (Å²) in [6.45, 7) is 2.21. The number of likely N-dealkylation sites (N-methyl/N-ethyl adjacent to an activating group) is 1. The average Bonchev–Trinajstić information content (AvgIpc) is 3.50. The Morgan fingerprint density at radius 3 is 2.31 bits per heavy atom. The molecular formula is C26H42N2O4+2. The van der Waals surface area contributed by atoms with Gasteiger partial charge in [-0.25, -0.2) is 0 Å². The highest BCUT2D eigenvalue weighted by Gasteiger charge is 2.71. The minimum Gasteiger partial charge on any atom is -0.461 e. The topological polar surface area (TPSA) is 59.1 Å². The monoisotopic (exact) mass is 446 g/mol. The fourth-order valence-electron chi connectivity index (χ4n) is 6.13. The minimum atomic E-state index is -0.603. The van der Waals surface area contributed by atoms with E-state index in [1.807, 2.05) is 30.3 Å². The first-order chi connectivity index (χ1) is 15.2. The van der Waals surface area contributed by atoms with E-state index in [-0.39, 0.29) is 18.7 Å². The van der Waals surface area contributed by atoms with Crippen molar-refractivity contribution in [3.63, 3.8) is 0 Å². The second kappa shape index (κ2) is 9.41. The third-order valence-electron chi connectivity index (χ3n) is 8.01. The highest BCUT2D eigenvalue weighted by molar-refractivity contribution is 5.78. The summed E-state index contributed by atoms with van der Waals surface area (Å²) in [4.78, 5) is 12.9. The number of hydrogen-bond donors (Lipinski definition) is 1. The summed E-state index contributed by atoms with van der Waals surface area (Å²) in [6, 6.07) is 10.3. The number of rotatable bonds is 11. The Balaban J connectivity index is 1.29. The van der Waals surface area contributed by atoms with E-state index in [0.29, 0.717) is 24.3 Å². The molecule has 6 heteroatoms. The smallest absolute Gasteiger partial charge is 0.316 e. The first kappa shape index (κ1) is 23.7. The zero-order valence-corrected chi connectivity index (χ0v) is 20.3. The summed E-state index contributed by atoms with van der Waals surface area (Å²) in [5.41, 5.74) is 0.816. The molecule has 0 radical (unpaired) electrons. The molecule has 3 aliphatic rings. The zero-order chi connectivity index (χ0) is 22.9. The van der Waals surface area contributed by atoms with Crippen LogP contribution < -0.4 is 0 Å². The van der Waals surface area contributed by atoms with Crippen LogP contribution in [0.5, 0.6) is 0 Å². The molecule has 0 amide bonds. The number of unbranched alkanes of at least 4 members (excludes halogenated alkanes) is 3. The van der Waals surface area contributed by atoms with Crippen LogP contribution in [0.1, 0.15) is 50.0 Å². The lowest BCUT2D eigenvalue weighted by atomic mass is 9.94. The van der Waals surface area contributed by atoms with Gasteiger partial charge in [-0.2, -0.15) is 0 Å². The highest BCUT2D eigenvalue weighted by Crippen LogP contribution is 2.53. The van der Waals surface area contributed by atoms with Crippen LogP contribution in [0.2, 0.25) is 0 Å². The Hall–Kier alpha value is -1.47. The Morgan fingerprint density at radius 1 is 1.09 bits per heavy atom. The predicted octanol–water partition coefficient (Wildman–Crippen LogP) is 2.70. The second-order valence-corrected chi connectivity index (χ2v) is 11.4. The maximum atomic E-state index is 12.9. The molecule has 2 unspecified atom stereocenters. The van der Waals surface area contributed by atoms with Gasteiger partial charge in [0.05, 0.1) is 47.9 Å². The van der Waals surface area contributed by atoms with Crippen molar-refractivity contribution in [3.8, 4) is 0 Å². The first-order valence-corrected chi connectivity index (χ1v) is 12.4. The molecule has 3 fully saturated rings. The zero-order valence-electron chi connectivity index (χ0n) is 20.3. The molecule has 3 aliphatic heterocycles. The number of ether oxygens (including phenoxy) is 2. The number of aliphatic hydroxyl groups excluding tert-OH is 1. The molecule has 0 aromatic heterocycles. The SMILES string of the molecule is C[N+](C)(C)CCCCCC[N+]1(C)[C@@H]2CC(OC(=O)[C@H](CO)c3ccccc3)C[C@H]1[C@@H]1O[C@@H]12. The van der Waals surface area contributed by atoms with Crippen molar-refractivity contribution in [2.45, 2.75) is 74.8 Å².